The van der Waals surface area contributed by atoms with Crippen LogP contribution in [0.5, 0.6) is 0 Å². The first-order valence-corrected chi connectivity index (χ1v) is 7.65. The van der Waals surface area contributed by atoms with Crippen LogP contribution in [-0.2, 0) is 6.54 Å². The Morgan fingerprint density at radius 2 is 1.58 bits per heavy atom. The van der Waals surface area contributed by atoms with Crippen molar-refractivity contribution in [2.75, 3.05) is 0 Å². The zero-order valence-corrected chi connectivity index (χ0v) is 13.4. The van der Waals surface area contributed by atoms with Crippen LogP contribution in [0.1, 0.15) is 5.56 Å². The van der Waals surface area contributed by atoms with E-state index in [-0.39, 0.29) is 0 Å². The molecule has 0 bridgehead atoms. The predicted molar refractivity (Wildman–Crippen MR) is 85.1 cm³/mol. The topological polar surface area (TPSA) is 3.88 Å². The highest BCUT2D eigenvalue weighted by Crippen LogP contribution is 2.23. The van der Waals surface area contributed by atoms with Gasteiger partial charge in [0.1, 0.15) is 0 Å². The van der Waals surface area contributed by atoms with Gasteiger partial charge >= 0.3 is 0 Å². The van der Waals surface area contributed by atoms with Gasteiger partial charge in [-0.3, -0.25) is 0 Å². The van der Waals surface area contributed by atoms with Crippen molar-refractivity contribution in [2.45, 2.75) is 6.54 Å². The number of aromatic nitrogens is 1. The van der Waals surface area contributed by atoms with Crippen molar-refractivity contribution in [3.63, 3.8) is 0 Å². The third-order valence-electron chi connectivity index (χ3n) is 3.15. The molecule has 1 heterocycles. The number of rotatable bonds is 2. The van der Waals surface area contributed by atoms with Crippen LogP contribution in [0, 0.1) is 0 Å². The third-order valence-corrected chi connectivity index (χ3v) is 4.53. The quantitative estimate of drug-likeness (QED) is 0.450. The van der Waals surface area contributed by atoms with Gasteiger partial charge in [0.05, 0.1) is 5.39 Å². The minimum absolute atomic E-state index is 0.856. The number of nitrogens with zero attached hydrogens (tertiary/aromatic N) is 1. The highest BCUT2D eigenvalue weighted by Gasteiger charge is 2.15. The second-order valence-electron chi connectivity index (χ2n) is 4.40. The van der Waals surface area contributed by atoms with Crippen LogP contribution in [0.3, 0.4) is 0 Å². The van der Waals surface area contributed by atoms with E-state index in [0.29, 0.717) is 0 Å². The monoisotopic (exact) mass is 376 g/mol. The Hall–Kier alpha value is -1.19. The number of hydrogen-bond donors (Lipinski definition) is 0. The highest BCUT2D eigenvalue weighted by atomic mass is 79.9. The van der Waals surface area contributed by atoms with Gasteiger partial charge in [0.2, 0.25) is 10.1 Å². The minimum atomic E-state index is 0.856. The summed E-state index contributed by atoms with van der Waals surface area (Å²) in [5.41, 5.74) is 2.51. The zero-order chi connectivity index (χ0) is 13.2. The summed E-state index contributed by atoms with van der Waals surface area (Å²) in [4.78, 5) is 0. The predicted octanol–water partition coefficient (Wildman–Crippen LogP) is 4.70. The van der Waals surface area contributed by atoms with E-state index in [1.54, 1.807) is 0 Å². The highest BCUT2D eigenvalue weighted by molar-refractivity contribution is 9.10. The molecule has 3 heteroatoms. The molecule has 3 rings (SSSR count). The molecule has 1 nitrogen and oxygen atoms in total. The molecule has 0 atom stereocenters. The van der Waals surface area contributed by atoms with E-state index in [2.05, 4.69) is 91.0 Å². The maximum Gasteiger partial charge on any atom is 0.248 e. The molecule has 0 aliphatic heterocycles. The van der Waals surface area contributed by atoms with Gasteiger partial charge < -0.3 is 0 Å². The standard InChI is InChI=1S/C16H12Br2N/c17-14-7-4-8-15-13(14)9-10-16(18)19(15)11-12-5-2-1-3-6-12/h1-10H,11H2/q+1. The summed E-state index contributed by atoms with van der Waals surface area (Å²) in [6, 6.07) is 21.0. The normalized spacial score (nSPS) is 10.8. The van der Waals surface area contributed by atoms with E-state index in [1.807, 2.05) is 6.07 Å². The molecule has 0 unspecified atom stereocenters. The van der Waals surface area contributed by atoms with Gasteiger partial charge in [-0.05, 0) is 28.1 Å². The van der Waals surface area contributed by atoms with Crippen molar-refractivity contribution in [1.82, 2.24) is 0 Å². The number of halogens is 2. The molecule has 0 saturated carbocycles. The summed E-state index contributed by atoms with van der Waals surface area (Å²) in [5.74, 6) is 0. The molecule has 3 aromatic rings. The number of benzene rings is 2. The van der Waals surface area contributed by atoms with Crippen molar-refractivity contribution in [3.05, 3.63) is 75.3 Å². The lowest BCUT2D eigenvalue weighted by Crippen LogP contribution is -2.36. The molecule has 0 fully saturated rings. The maximum atomic E-state index is 3.65. The summed E-state index contributed by atoms with van der Waals surface area (Å²) >= 11 is 7.26. The second kappa shape index (κ2) is 5.43. The number of pyridine rings is 1. The Labute approximate surface area is 129 Å². The van der Waals surface area contributed by atoms with Crippen LogP contribution in [0.15, 0.2) is 69.7 Å². The van der Waals surface area contributed by atoms with Crippen molar-refractivity contribution < 1.29 is 4.57 Å². The molecule has 94 valence electrons. The first kappa shape index (κ1) is 12.8. The molecular formula is C16H12Br2N+. The van der Waals surface area contributed by atoms with Gasteiger partial charge in [0, 0.05) is 38.1 Å². The fourth-order valence-corrected chi connectivity index (χ4v) is 3.15. The van der Waals surface area contributed by atoms with Gasteiger partial charge in [-0.15, -0.1) is 0 Å². The van der Waals surface area contributed by atoms with Crippen LogP contribution >= 0.6 is 31.9 Å². The first-order valence-electron chi connectivity index (χ1n) is 6.06. The molecule has 0 saturated heterocycles. The largest absolute Gasteiger partial charge is 0.248 e. The van der Waals surface area contributed by atoms with Crippen LogP contribution < -0.4 is 4.57 Å². The first-order chi connectivity index (χ1) is 9.25. The van der Waals surface area contributed by atoms with Crippen molar-refractivity contribution in [2.24, 2.45) is 0 Å². The molecule has 0 spiro atoms. The van der Waals surface area contributed by atoms with Crippen LogP contribution in [-0.4, -0.2) is 0 Å². The van der Waals surface area contributed by atoms with Gasteiger partial charge in [-0.25, -0.2) is 0 Å². The van der Waals surface area contributed by atoms with E-state index in [1.165, 1.54) is 16.5 Å². The van der Waals surface area contributed by atoms with Gasteiger partial charge in [0.15, 0.2) is 6.54 Å². The van der Waals surface area contributed by atoms with Crippen molar-refractivity contribution in [1.29, 1.82) is 0 Å². The Balaban J connectivity index is 2.17. The Morgan fingerprint density at radius 3 is 2.37 bits per heavy atom. The maximum absolute atomic E-state index is 3.65. The summed E-state index contributed by atoms with van der Waals surface area (Å²) in [6.45, 7) is 0.856. The molecule has 19 heavy (non-hydrogen) atoms. The average Bonchev–Trinajstić information content (AvgIpc) is 2.43. The average molecular weight is 378 g/mol. The summed E-state index contributed by atoms with van der Waals surface area (Å²) in [7, 11) is 0. The molecule has 0 N–H and O–H groups in total. The fraction of sp³-hybridized carbons (Fsp3) is 0.0625. The Bertz CT molecular complexity index is 723. The molecule has 0 aliphatic rings. The van der Waals surface area contributed by atoms with E-state index in [4.69, 9.17) is 0 Å². The smallest absolute Gasteiger partial charge is 0.181 e. The van der Waals surface area contributed by atoms with Gasteiger partial charge in [0.25, 0.3) is 0 Å². The third kappa shape index (κ3) is 2.58. The molecule has 0 radical (unpaired) electrons. The SMILES string of the molecule is Brc1cccc2c1ccc(Br)[n+]2Cc1ccccc1. The minimum Gasteiger partial charge on any atom is -0.181 e. The molecule has 2 aromatic carbocycles. The molecule has 1 aromatic heterocycles. The van der Waals surface area contributed by atoms with E-state index in [0.717, 1.165) is 15.6 Å². The van der Waals surface area contributed by atoms with Crippen LogP contribution in [0.25, 0.3) is 10.9 Å². The zero-order valence-electron chi connectivity index (χ0n) is 10.2. The van der Waals surface area contributed by atoms with Crippen LogP contribution in [0.2, 0.25) is 0 Å². The van der Waals surface area contributed by atoms with Crippen LogP contribution in [0.4, 0.5) is 0 Å². The van der Waals surface area contributed by atoms with E-state index < -0.39 is 0 Å². The Morgan fingerprint density at radius 1 is 0.789 bits per heavy atom. The summed E-state index contributed by atoms with van der Waals surface area (Å²) < 4.78 is 4.48. The molecule has 0 aliphatic carbocycles. The number of hydrogen-bond acceptors (Lipinski definition) is 0. The second-order valence-corrected chi connectivity index (χ2v) is 6.07. The van der Waals surface area contributed by atoms with Gasteiger partial charge in [-0.2, -0.15) is 4.57 Å². The van der Waals surface area contributed by atoms with Gasteiger partial charge in [-0.1, -0.05) is 36.4 Å². The number of fused-ring (bicyclic) bond motifs is 1. The summed E-state index contributed by atoms with van der Waals surface area (Å²) in [6.07, 6.45) is 0. The molecule has 0 amide bonds. The van der Waals surface area contributed by atoms with E-state index in [9.17, 15) is 0 Å². The lowest BCUT2D eigenvalue weighted by atomic mass is 10.2. The lowest BCUT2D eigenvalue weighted by Gasteiger charge is -2.05. The van der Waals surface area contributed by atoms with E-state index >= 15 is 0 Å². The summed E-state index contributed by atoms with van der Waals surface area (Å²) in [5, 5.41) is 1.22. The Kier molecular flexibility index (Phi) is 3.67. The molecular weight excluding hydrogens is 366 g/mol. The van der Waals surface area contributed by atoms with Crippen molar-refractivity contribution in [3.8, 4) is 0 Å². The fourth-order valence-electron chi connectivity index (χ4n) is 2.21. The lowest BCUT2D eigenvalue weighted by molar-refractivity contribution is -0.673. The van der Waals surface area contributed by atoms with Crippen molar-refractivity contribution >= 4 is 42.8 Å².